The minimum absolute atomic E-state index is 0.00278. The van der Waals surface area contributed by atoms with E-state index in [9.17, 15) is 0 Å². The highest BCUT2D eigenvalue weighted by atomic mass is 16.3. The van der Waals surface area contributed by atoms with E-state index in [0.717, 1.165) is 16.7 Å². The quantitative estimate of drug-likeness (QED) is 0.165. The van der Waals surface area contributed by atoms with Gasteiger partial charge in [0.25, 0.3) is 0 Å². The van der Waals surface area contributed by atoms with Gasteiger partial charge < -0.3 is 13.8 Å². The average molecular weight is 841 g/mol. The van der Waals surface area contributed by atoms with Crippen molar-refractivity contribution in [2.75, 3.05) is 4.90 Å². The Morgan fingerprint density at radius 1 is 0.508 bits per heavy atom. The van der Waals surface area contributed by atoms with E-state index in [4.69, 9.17) is 4.42 Å². The van der Waals surface area contributed by atoms with Crippen LogP contribution >= 0.6 is 0 Å². The molecular weight excluding hydrogens is 787 g/mol. The molecule has 0 N–H and O–H groups in total. The number of furan rings is 1. The molecule has 0 unspecified atom stereocenters. The number of benzene rings is 8. The standard InChI is InChI=1S/C61H53BN2O/c1-36-26-37(2)55(38(3)27-36)41-20-22-51-53(31-41)63(47-29-43(39-16-12-10-13-17-39)28-44(30-47)40-18-14-11-15-19-40)54-32-42-24-25-65-59(42)56-50-35-46(61(7,8)9)34-49-48-33-45(60(4,5)6)21-23-52(48)64(58(49)50)62(51)57(54)56/h10-35H,1-9H3. The van der Waals surface area contributed by atoms with Gasteiger partial charge in [0.15, 0.2) is 0 Å². The molecule has 65 heavy (non-hydrogen) atoms. The summed E-state index contributed by atoms with van der Waals surface area (Å²) < 4.78 is 9.35. The minimum Gasteiger partial charge on any atom is -0.464 e. The van der Waals surface area contributed by atoms with E-state index in [0.29, 0.717) is 0 Å². The third-order valence-corrected chi connectivity index (χ3v) is 14.4. The van der Waals surface area contributed by atoms with Gasteiger partial charge in [-0.15, -0.1) is 0 Å². The SMILES string of the molecule is Cc1cc(C)c(-c2ccc3c(c2)N(c2cc(-c4ccccc4)cc(-c4ccccc4)c2)c2cc4ccoc4c4c2B3n2c3ccc(C(C)(C)C)cc3c3cc(C(C)(C)C)cc-4c32)c(C)c1. The monoisotopic (exact) mass is 840 g/mol. The zero-order valence-electron chi connectivity index (χ0n) is 38.9. The lowest BCUT2D eigenvalue weighted by Gasteiger charge is -2.41. The molecule has 2 aliphatic heterocycles. The van der Waals surface area contributed by atoms with Crippen molar-refractivity contribution in [2.45, 2.75) is 73.1 Å². The summed E-state index contributed by atoms with van der Waals surface area (Å²) >= 11 is 0. The number of aryl methyl sites for hydroxylation is 3. The van der Waals surface area contributed by atoms with Crippen LogP contribution in [0, 0.1) is 20.8 Å². The molecule has 0 amide bonds. The van der Waals surface area contributed by atoms with Crippen molar-refractivity contribution in [1.29, 1.82) is 0 Å². The maximum Gasteiger partial charge on any atom is 0.333 e. The second-order valence-corrected chi connectivity index (χ2v) is 20.8. The van der Waals surface area contributed by atoms with Crippen LogP contribution in [-0.4, -0.2) is 11.3 Å². The third kappa shape index (κ3) is 6.03. The molecule has 0 spiro atoms. The van der Waals surface area contributed by atoms with Crippen LogP contribution in [0.25, 0.3) is 77.3 Å². The maximum absolute atomic E-state index is 6.67. The molecule has 3 nitrogen and oxygen atoms in total. The zero-order chi connectivity index (χ0) is 44.7. The van der Waals surface area contributed by atoms with E-state index in [1.54, 1.807) is 0 Å². The first kappa shape index (κ1) is 39.5. The number of anilines is 3. The summed E-state index contributed by atoms with van der Waals surface area (Å²) in [7, 11) is 0. The Morgan fingerprint density at radius 3 is 1.80 bits per heavy atom. The number of rotatable bonds is 4. The van der Waals surface area contributed by atoms with Gasteiger partial charge in [-0.2, -0.15) is 0 Å². The third-order valence-electron chi connectivity index (χ3n) is 14.4. The van der Waals surface area contributed by atoms with Crippen LogP contribution < -0.4 is 15.8 Å². The van der Waals surface area contributed by atoms with Crippen molar-refractivity contribution < 1.29 is 4.42 Å². The second kappa shape index (κ2) is 14.0. The molecule has 4 heteroatoms. The van der Waals surface area contributed by atoms with Crippen LogP contribution in [0.5, 0.6) is 0 Å². The van der Waals surface area contributed by atoms with Crippen molar-refractivity contribution in [3.05, 3.63) is 186 Å². The van der Waals surface area contributed by atoms with Crippen molar-refractivity contribution in [1.82, 2.24) is 4.48 Å². The summed E-state index contributed by atoms with van der Waals surface area (Å²) in [6.45, 7) is 20.6. The molecule has 0 atom stereocenters. The molecule has 10 aromatic rings. The Hall–Kier alpha value is -7.04. The molecule has 8 aromatic carbocycles. The van der Waals surface area contributed by atoms with Gasteiger partial charge in [-0.05, 0) is 159 Å². The van der Waals surface area contributed by atoms with E-state index in [1.807, 2.05) is 6.26 Å². The first-order chi connectivity index (χ1) is 31.2. The molecule has 0 bridgehead atoms. The lowest BCUT2D eigenvalue weighted by Crippen LogP contribution is -2.56. The first-order valence-electron chi connectivity index (χ1n) is 23.2. The Labute approximate surface area is 383 Å². The summed E-state index contributed by atoms with van der Waals surface area (Å²) in [4.78, 5) is 2.58. The van der Waals surface area contributed by atoms with Crippen LogP contribution in [0.2, 0.25) is 0 Å². The fourth-order valence-corrected chi connectivity index (χ4v) is 11.3. The fourth-order valence-electron chi connectivity index (χ4n) is 11.3. The molecule has 4 heterocycles. The number of hydrogen-bond donors (Lipinski definition) is 0. The van der Waals surface area contributed by atoms with Crippen LogP contribution in [0.4, 0.5) is 17.1 Å². The number of aromatic nitrogens is 1. The largest absolute Gasteiger partial charge is 0.464 e. The van der Waals surface area contributed by atoms with Crippen molar-refractivity contribution in [3.63, 3.8) is 0 Å². The van der Waals surface area contributed by atoms with E-state index in [2.05, 4.69) is 223 Å². The van der Waals surface area contributed by atoms with Gasteiger partial charge in [-0.25, -0.2) is 0 Å². The Balaban J connectivity index is 1.25. The Morgan fingerprint density at radius 2 is 1.15 bits per heavy atom. The summed E-state index contributed by atoms with van der Waals surface area (Å²) in [5.41, 5.74) is 25.6. The summed E-state index contributed by atoms with van der Waals surface area (Å²) in [5, 5.41) is 3.71. The van der Waals surface area contributed by atoms with Gasteiger partial charge in [0.05, 0.1) is 6.26 Å². The lowest BCUT2D eigenvalue weighted by molar-refractivity contribution is 0.590. The average Bonchev–Trinajstić information content (AvgIpc) is 3.89. The molecule has 0 radical (unpaired) electrons. The minimum atomic E-state index is -0.116. The van der Waals surface area contributed by atoms with Crippen LogP contribution in [0.1, 0.15) is 69.4 Å². The summed E-state index contributed by atoms with van der Waals surface area (Å²) in [6.07, 6.45) is 1.88. The molecule has 0 fully saturated rings. The van der Waals surface area contributed by atoms with E-state index < -0.39 is 0 Å². The van der Waals surface area contributed by atoms with Crippen LogP contribution in [-0.2, 0) is 10.8 Å². The zero-order valence-corrected chi connectivity index (χ0v) is 38.9. The molecule has 12 rings (SSSR count). The molecular formula is C61H53BN2O. The van der Waals surface area contributed by atoms with Gasteiger partial charge in [0.2, 0.25) is 0 Å². The molecule has 0 aliphatic carbocycles. The van der Waals surface area contributed by atoms with Crippen molar-refractivity contribution >= 4 is 67.6 Å². The van der Waals surface area contributed by atoms with Gasteiger partial charge in [-0.3, -0.25) is 0 Å². The highest BCUT2D eigenvalue weighted by Gasteiger charge is 2.45. The summed E-state index contributed by atoms with van der Waals surface area (Å²) in [6, 6.07) is 57.6. The van der Waals surface area contributed by atoms with E-state index in [1.165, 1.54) is 116 Å². The van der Waals surface area contributed by atoms with E-state index in [-0.39, 0.29) is 17.7 Å². The lowest BCUT2D eigenvalue weighted by atomic mass is 9.45. The van der Waals surface area contributed by atoms with E-state index >= 15 is 0 Å². The Bertz CT molecular complexity index is 3510. The van der Waals surface area contributed by atoms with Gasteiger partial charge in [0, 0.05) is 55.4 Å². The van der Waals surface area contributed by atoms with Crippen molar-refractivity contribution in [3.8, 4) is 44.5 Å². The first-order valence-corrected chi connectivity index (χ1v) is 23.2. The van der Waals surface area contributed by atoms with Crippen molar-refractivity contribution in [2.24, 2.45) is 0 Å². The fraction of sp³-hybridized carbons (Fsp3) is 0.180. The molecule has 316 valence electrons. The summed E-state index contributed by atoms with van der Waals surface area (Å²) in [5.74, 6) is 0. The predicted octanol–water partition coefficient (Wildman–Crippen LogP) is 15.5. The van der Waals surface area contributed by atoms with Gasteiger partial charge in [-0.1, -0.05) is 138 Å². The molecule has 0 saturated carbocycles. The molecule has 0 saturated heterocycles. The van der Waals surface area contributed by atoms with Crippen LogP contribution in [0.15, 0.2) is 162 Å². The highest BCUT2D eigenvalue weighted by Crippen LogP contribution is 2.51. The predicted molar refractivity (Wildman–Crippen MR) is 278 cm³/mol. The maximum atomic E-state index is 6.67. The molecule has 2 aromatic heterocycles. The Kier molecular flexibility index (Phi) is 8.51. The van der Waals surface area contributed by atoms with Crippen LogP contribution in [0.3, 0.4) is 0 Å². The number of fused-ring (bicyclic) bond motifs is 9. The highest BCUT2D eigenvalue weighted by molar-refractivity contribution is 6.90. The number of nitrogens with zero attached hydrogens (tertiary/aromatic N) is 2. The number of hydrogen-bond acceptors (Lipinski definition) is 2. The second-order valence-electron chi connectivity index (χ2n) is 20.8. The topological polar surface area (TPSA) is 21.3 Å². The smallest absolute Gasteiger partial charge is 0.333 e. The normalized spacial score (nSPS) is 13.2. The van der Waals surface area contributed by atoms with Gasteiger partial charge in [0.1, 0.15) is 5.58 Å². The van der Waals surface area contributed by atoms with Gasteiger partial charge >= 0.3 is 6.85 Å². The molecule has 2 aliphatic rings.